The van der Waals surface area contributed by atoms with E-state index in [0.29, 0.717) is 18.8 Å². The third-order valence-electron chi connectivity index (χ3n) is 3.49. The average Bonchev–Trinajstić information content (AvgIpc) is 2.99. The van der Waals surface area contributed by atoms with Gasteiger partial charge in [0.05, 0.1) is 18.1 Å². The molecule has 0 atom stereocenters. The molecule has 0 saturated carbocycles. The molecule has 0 bridgehead atoms. The van der Waals surface area contributed by atoms with Gasteiger partial charge in [0.1, 0.15) is 5.82 Å². The predicted molar refractivity (Wildman–Crippen MR) is 75.1 cm³/mol. The number of fused-ring (bicyclic) bond motifs is 1. The molecule has 1 N–H and O–H groups in total. The summed E-state index contributed by atoms with van der Waals surface area (Å²) in [5, 5.41) is 8.36. The predicted octanol–water partition coefficient (Wildman–Crippen LogP) is 0.917. The topological polar surface area (TPSA) is 75.9 Å². The molecule has 0 spiro atoms. The zero-order chi connectivity index (χ0) is 14.1. The minimum atomic E-state index is 0.184. The Hall–Kier alpha value is -2.18. The molecule has 0 unspecified atom stereocenters. The summed E-state index contributed by atoms with van der Waals surface area (Å²) in [5.74, 6) is 1.63. The van der Waals surface area contributed by atoms with Crippen LogP contribution in [0.5, 0.6) is 0 Å². The lowest BCUT2D eigenvalue weighted by Crippen LogP contribution is -2.25. The number of hydrogen-bond donors (Lipinski definition) is 1. The Morgan fingerprint density at radius 2 is 2.25 bits per heavy atom. The molecule has 1 fully saturated rings. The molecule has 1 aliphatic heterocycles. The molecular formula is C13H18N6O. The smallest absolute Gasteiger partial charge is 0.223 e. The maximum atomic E-state index is 11.7. The van der Waals surface area contributed by atoms with Crippen LogP contribution in [-0.4, -0.2) is 43.6 Å². The van der Waals surface area contributed by atoms with Gasteiger partial charge in [0.25, 0.3) is 0 Å². The Morgan fingerprint density at radius 1 is 1.40 bits per heavy atom. The molecule has 3 heterocycles. The van der Waals surface area contributed by atoms with Gasteiger partial charge in [-0.15, -0.1) is 0 Å². The summed E-state index contributed by atoms with van der Waals surface area (Å²) in [7, 11) is 1.86. The highest BCUT2D eigenvalue weighted by Gasteiger charge is 2.22. The van der Waals surface area contributed by atoms with E-state index >= 15 is 0 Å². The molecule has 1 amide bonds. The maximum Gasteiger partial charge on any atom is 0.223 e. The summed E-state index contributed by atoms with van der Waals surface area (Å²) in [6, 6.07) is 0. The fourth-order valence-electron chi connectivity index (χ4n) is 2.48. The molecule has 1 saturated heterocycles. The van der Waals surface area contributed by atoms with E-state index in [1.54, 1.807) is 10.9 Å². The first-order valence-corrected chi connectivity index (χ1v) is 6.89. The van der Waals surface area contributed by atoms with Gasteiger partial charge in [-0.25, -0.2) is 9.97 Å². The normalized spacial score (nSPS) is 15.3. The molecule has 7 nitrogen and oxygen atoms in total. The molecule has 0 radical (unpaired) electrons. The standard InChI is InChI=1S/C13H18N6O/c1-3-14-12-9-7-15-18(2)13(9)17-10(16-12)8-19-6-4-5-11(19)20/h7H,3-6,8H2,1-2H3,(H,14,16,17). The molecule has 2 aromatic rings. The molecule has 1 aliphatic rings. The van der Waals surface area contributed by atoms with Crippen LogP contribution in [0.3, 0.4) is 0 Å². The monoisotopic (exact) mass is 274 g/mol. The second-order valence-corrected chi connectivity index (χ2v) is 4.94. The Balaban J connectivity index is 1.97. The van der Waals surface area contributed by atoms with Crippen LogP contribution in [0, 0.1) is 0 Å². The number of aromatic nitrogens is 4. The van der Waals surface area contributed by atoms with Crippen molar-refractivity contribution in [2.24, 2.45) is 7.05 Å². The highest BCUT2D eigenvalue weighted by Crippen LogP contribution is 2.21. The van der Waals surface area contributed by atoms with Crippen molar-refractivity contribution in [1.29, 1.82) is 0 Å². The average molecular weight is 274 g/mol. The molecule has 20 heavy (non-hydrogen) atoms. The van der Waals surface area contributed by atoms with Crippen molar-refractivity contribution in [2.75, 3.05) is 18.4 Å². The van der Waals surface area contributed by atoms with Crippen molar-refractivity contribution in [3.8, 4) is 0 Å². The van der Waals surface area contributed by atoms with Crippen LogP contribution in [0.2, 0.25) is 0 Å². The lowest BCUT2D eigenvalue weighted by molar-refractivity contribution is -0.128. The summed E-state index contributed by atoms with van der Waals surface area (Å²) >= 11 is 0. The van der Waals surface area contributed by atoms with Crippen LogP contribution in [0.15, 0.2) is 6.20 Å². The Kier molecular flexibility index (Phi) is 3.25. The fraction of sp³-hybridized carbons (Fsp3) is 0.538. The lowest BCUT2D eigenvalue weighted by Gasteiger charge is -2.15. The SMILES string of the molecule is CCNc1nc(CN2CCCC2=O)nc2c1cnn2C. The Labute approximate surface area is 117 Å². The fourth-order valence-corrected chi connectivity index (χ4v) is 2.48. The number of anilines is 1. The number of carbonyl (C=O) groups is 1. The molecule has 3 rings (SSSR count). The number of rotatable bonds is 4. The van der Waals surface area contributed by atoms with Crippen molar-refractivity contribution in [1.82, 2.24) is 24.6 Å². The van der Waals surface area contributed by atoms with Gasteiger partial charge in [0, 0.05) is 26.6 Å². The Morgan fingerprint density at radius 3 is 2.95 bits per heavy atom. The quantitative estimate of drug-likeness (QED) is 0.897. The summed E-state index contributed by atoms with van der Waals surface area (Å²) in [4.78, 5) is 22.6. The highest BCUT2D eigenvalue weighted by molar-refractivity contribution is 5.86. The van der Waals surface area contributed by atoms with Gasteiger partial charge in [-0.2, -0.15) is 5.10 Å². The van der Waals surface area contributed by atoms with E-state index in [1.165, 1.54) is 0 Å². The largest absolute Gasteiger partial charge is 0.370 e. The molecule has 106 valence electrons. The molecule has 2 aromatic heterocycles. The van der Waals surface area contributed by atoms with Crippen molar-refractivity contribution in [3.05, 3.63) is 12.0 Å². The zero-order valence-corrected chi connectivity index (χ0v) is 11.8. The van der Waals surface area contributed by atoms with Gasteiger partial charge < -0.3 is 10.2 Å². The van der Waals surface area contributed by atoms with Gasteiger partial charge in [0.2, 0.25) is 5.91 Å². The first-order valence-electron chi connectivity index (χ1n) is 6.89. The van der Waals surface area contributed by atoms with Crippen molar-refractivity contribution >= 4 is 22.8 Å². The minimum absolute atomic E-state index is 0.184. The number of likely N-dealkylation sites (tertiary alicyclic amines) is 1. The lowest BCUT2D eigenvalue weighted by atomic mass is 10.3. The van der Waals surface area contributed by atoms with E-state index in [-0.39, 0.29) is 5.91 Å². The van der Waals surface area contributed by atoms with Gasteiger partial charge in [-0.05, 0) is 13.3 Å². The van der Waals surface area contributed by atoms with Crippen LogP contribution in [0.4, 0.5) is 5.82 Å². The molecule has 0 aromatic carbocycles. The van der Waals surface area contributed by atoms with Gasteiger partial charge in [-0.3, -0.25) is 9.48 Å². The van der Waals surface area contributed by atoms with Crippen molar-refractivity contribution < 1.29 is 4.79 Å². The number of amides is 1. The van der Waals surface area contributed by atoms with E-state index in [0.717, 1.165) is 36.4 Å². The van der Waals surface area contributed by atoms with Crippen LogP contribution in [0.1, 0.15) is 25.6 Å². The second kappa shape index (κ2) is 5.07. The van der Waals surface area contributed by atoms with Crippen LogP contribution < -0.4 is 5.32 Å². The first kappa shape index (κ1) is 12.8. The van der Waals surface area contributed by atoms with Crippen LogP contribution >= 0.6 is 0 Å². The van der Waals surface area contributed by atoms with Crippen molar-refractivity contribution in [2.45, 2.75) is 26.3 Å². The minimum Gasteiger partial charge on any atom is -0.370 e. The number of carbonyl (C=O) groups excluding carboxylic acids is 1. The van der Waals surface area contributed by atoms with Crippen LogP contribution in [0.25, 0.3) is 11.0 Å². The number of nitrogens with one attached hydrogen (secondary N) is 1. The summed E-state index contributed by atoms with van der Waals surface area (Å²) in [5.41, 5.74) is 0.789. The van der Waals surface area contributed by atoms with Gasteiger partial charge >= 0.3 is 0 Å². The summed E-state index contributed by atoms with van der Waals surface area (Å²) in [6.07, 6.45) is 3.32. The highest BCUT2D eigenvalue weighted by atomic mass is 16.2. The van der Waals surface area contributed by atoms with Crippen molar-refractivity contribution in [3.63, 3.8) is 0 Å². The van der Waals surface area contributed by atoms with E-state index in [4.69, 9.17) is 0 Å². The molecular weight excluding hydrogens is 256 g/mol. The van der Waals surface area contributed by atoms with Gasteiger partial charge in [-0.1, -0.05) is 0 Å². The third kappa shape index (κ3) is 2.19. The molecule has 7 heteroatoms. The summed E-state index contributed by atoms with van der Waals surface area (Å²) < 4.78 is 1.73. The van der Waals surface area contributed by atoms with Crippen LogP contribution in [-0.2, 0) is 18.4 Å². The number of hydrogen-bond acceptors (Lipinski definition) is 5. The Bertz CT molecular complexity index is 650. The van der Waals surface area contributed by atoms with Gasteiger partial charge in [0.15, 0.2) is 11.5 Å². The van der Waals surface area contributed by atoms with E-state index in [1.807, 2.05) is 18.9 Å². The van der Waals surface area contributed by atoms with E-state index < -0.39 is 0 Å². The maximum absolute atomic E-state index is 11.7. The summed E-state index contributed by atoms with van der Waals surface area (Å²) in [6.45, 7) is 4.07. The molecule has 0 aliphatic carbocycles. The number of aryl methyl sites for hydroxylation is 1. The third-order valence-corrected chi connectivity index (χ3v) is 3.49. The second-order valence-electron chi connectivity index (χ2n) is 4.94. The van der Waals surface area contributed by atoms with E-state index in [2.05, 4.69) is 20.4 Å². The number of nitrogens with zero attached hydrogens (tertiary/aromatic N) is 5. The van der Waals surface area contributed by atoms with E-state index in [9.17, 15) is 4.79 Å². The first-order chi connectivity index (χ1) is 9.69. The zero-order valence-electron chi connectivity index (χ0n) is 11.8.